The highest BCUT2D eigenvalue weighted by Crippen LogP contribution is 2.38. The van der Waals surface area contributed by atoms with E-state index in [1.807, 2.05) is 38.1 Å². The number of amides is 1. The number of hydrogen-bond acceptors (Lipinski definition) is 7. The molecule has 0 fully saturated rings. The van der Waals surface area contributed by atoms with Crippen LogP contribution in [0.5, 0.6) is 5.75 Å². The van der Waals surface area contributed by atoms with E-state index in [0.717, 1.165) is 22.5 Å². The predicted octanol–water partition coefficient (Wildman–Crippen LogP) is 3.39. The maximum atomic E-state index is 13.3. The number of para-hydroxylation sites is 1. The third-order valence-electron chi connectivity index (χ3n) is 4.93. The molecule has 10 heteroatoms. The third kappa shape index (κ3) is 4.26. The highest BCUT2D eigenvalue weighted by Gasteiger charge is 2.38. The molecule has 4 rings (SSSR count). The average Bonchev–Trinajstić information content (AvgIpc) is 3.32. The number of aryl methyl sites for hydroxylation is 1. The first-order valence-electron chi connectivity index (χ1n) is 9.76. The van der Waals surface area contributed by atoms with Crippen molar-refractivity contribution in [1.29, 1.82) is 0 Å². The quantitative estimate of drug-likeness (QED) is 0.568. The van der Waals surface area contributed by atoms with E-state index in [1.165, 1.54) is 4.31 Å². The number of carbonyl (C=O) groups excluding carboxylic acids is 1. The Bertz CT molecular complexity index is 1210. The zero-order chi connectivity index (χ0) is 22.2. The first-order valence-corrected chi connectivity index (χ1v) is 12.0. The predicted molar refractivity (Wildman–Crippen MR) is 119 cm³/mol. The van der Waals surface area contributed by atoms with E-state index >= 15 is 0 Å². The normalized spacial score (nSPS) is 16.6. The number of rotatable bonds is 6. The number of carbonyl (C=O) groups is 1. The molecule has 1 aromatic heterocycles. The number of fused-ring (bicyclic) bond motifs is 1. The molecule has 1 aliphatic heterocycles. The maximum Gasteiger partial charge on any atom is 0.293 e. The fourth-order valence-electron chi connectivity index (χ4n) is 3.51. The lowest BCUT2D eigenvalue weighted by molar-refractivity contribution is -0.122. The second kappa shape index (κ2) is 8.27. The van der Waals surface area contributed by atoms with Crippen molar-refractivity contribution < 1.29 is 17.9 Å². The van der Waals surface area contributed by atoms with Crippen LogP contribution >= 0.6 is 11.3 Å². The maximum absolute atomic E-state index is 13.3. The lowest BCUT2D eigenvalue weighted by atomic mass is 10.1. The Hall–Kier alpha value is -2.98. The molecule has 2 atom stereocenters. The molecule has 1 amide bonds. The summed E-state index contributed by atoms with van der Waals surface area (Å²) >= 11 is 0.819. The smallest absolute Gasteiger partial charge is 0.293 e. The number of ether oxygens (including phenoxy) is 1. The monoisotopic (exact) mass is 458 g/mol. The Balaban J connectivity index is 1.50. The van der Waals surface area contributed by atoms with Gasteiger partial charge in [0, 0.05) is 6.04 Å². The summed E-state index contributed by atoms with van der Waals surface area (Å²) in [4.78, 5) is 12.4. The van der Waals surface area contributed by atoms with Crippen LogP contribution in [0.1, 0.15) is 25.0 Å². The molecule has 162 valence electrons. The van der Waals surface area contributed by atoms with E-state index in [0.29, 0.717) is 17.9 Å². The molecule has 2 aromatic carbocycles. The number of nitrogens with one attached hydrogen (secondary N) is 1. The highest BCUT2D eigenvalue weighted by atomic mass is 32.2. The van der Waals surface area contributed by atoms with Crippen LogP contribution in [0.2, 0.25) is 0 Å². The Morgan fingerprint density at radius 1 is 1.23 bits per heavy atom. The lowest BCUT2D eigenvalue weighted by Gasteiger charge is -2.22. The van der Waals surface area contributed by atoms with Crippen LogP contribution in [0, 0.1) is 6.92 Å². The van der Waals surface area contributed by atoms with Crippen molar-refractivity contribution in [2.75, 3.05) is 9.62 Å². The lowest BCUT2D eigenvalue weighted by Crippen LogP contribution is -2.35. The second-order valence-electron chi connectivity index (χ2n) is 7.42. The number of hydrogen-bond donors (Lipinski definition) is 1. The van der Waals surface area contributed by atoms with Crippen LogP contribution < -0.4 is 14.4 Å². The van der Waals surface area contributed by atoms with Gasteiger partial charge in [-0.1, -0.05) is 47.2 Å². The fourth-order valence-corrected chi connectivity index (χ4v) is 6.19. The summed E-state index contributed by atoms with van der Waals surface area (Å²) in [6.07, 6.45) is -0.160. The number of aromatic nitrogens is 2. The molecule has 1 aliphatic rings. The van der Waals surface area contributed by atoms with Gasteiger partial charge in [-0.15, -0.1) is 10.2 Å². The molecule has 0 radical (unpaired) electrons. The third-order valence-corrected chi connectivity index (χ3v) is 8.04. The Kier molecular flexibility index (Phi) is 5.67. The summed E-state index contributed by atoms with van der Waals surface area (Å²) in [5.74, 6) is 0.113. The Morgan fingerprint density at radius 3 is 2.71 bits per heavy atom. The van der Waals surface area contributed by atoms with Gasteiger partial charge in [0.05, 0.1) is 5.69 Å². The summed E-state index contributed by atoms with van der Waals surface area (Å²) in [7, 11) is -3.90. The Morgan fingerprint density at radius 2 is 1.97 bits per heavy atom. The summed E-state index contributed by atoms with van der Waals surface area (Å²) in [6.45, 7) is 5.44. The molecular weight excluding hydrogens is 436 g/mol. The summed E-state index contributed by atoms with van der Waals surface area (Å²) in [5, 5.41) is 10.4. The van der Waals surface area contributed by atoms with Crippen LogP contribution in [0.3, 0.4) is 0 Å². The van der Waals surface area contributed by atoms with E-state index in [4.69, 9.17) is 4.74 Å². The first kappa shape index (κ1) is 21.3. The minimum atomic E-state index is -3.90. The van der Waals surface area contributed by atoms with Crippen molar-refractivity contribution >= 4 is 38.1 Å². The van der Waals surface area contributed by atoms with E-state index in [9.17, 15) is 13.2 Å². The first-order chi connectivity index (χ1) is 14.8. The number of sulfonamides is 1. The van der Waals surface area contributed by atoms with Crippen molar-refractivity contribution in [2.24, 2.45) is 0 Å². The van der Waals surface area contributed by atoms with Crippen molar-refractivity contribution in [2.45, 2.75) is 43.7 Å². The van der Waals surface area contributed by atoms with Crippen molar-refractivity contribution in [3.8, 4) is 5.75 Å². The molecule has 0 saturated carbocycles. The van der Waals surface area contributed by atoms with Gasteiger partial charge < -0.3 is 4.74 Å². The van der Waals surface area contributed by atoms with Crippen molar-refractivity contribution in [3.63, 3.8) is 0 Å². The van der Waals surface area contributed by atoms with E-state index in [1.54, 1.807) is 31.2 Å². The van der Waals surface area contributed by atoms with Gasteiger partial charge in [0.25, 0.3) is 20.3 Å². The molecule has 0 saturated heterocycles. The number of benzene rings is 2. The van der Waals surface area contributed by atoms with Crippen molar-refractivity contribution in [1.82, 2.24) is 10.2 Å². The van der Waals surface area contributed by atoms with E-state index < -0.39 is 22.0 Å². The van der Waals surface area contributed by atoms with Gasteiger partial charge in [-0.3, -0.25) is 14.4 Å². The average molecular weight is 459 g/mol. The molecule has 3 aromatic rings. The fraction of sp³-hybridized carbons (Fsp3) is 0.286. The molecule has 1 N–H and O–H groups in total. The standard InChI is InChI=1S/C21H22N4O4S2/c1-13-9-10-18-16(11-13)12-14(2)25(18)31(27,28)21-24-23-20(30-21)22-19(26)15(3)29-17-7-5-4-6-8-17/h4-11,14-15H,12H2,1-3H3,(H,22,23,26). The van der Waals surface area contributed by atoms with Crippen LogP contribution in [0.15, 0.2) is 52.9 Å². The van der Waals surface area contributed by atoms with Gasteiger partial charge in [-0.2, -0.15) is 8.42 Å². The number of anilines is 2. The van der Waals surface area contributed by atoms with E-state index in [2.05, 4.69) is 15.5 Å². The van der Waals surface area contributed by atoms with Crippen LogP contribution in [-0.4, -0.2) is 36.7 Å². The molecule has 0 aliphatic carbocycles. The van der Waals surface area contributed by atoms with Crippen LogP contribution in [0.25, 0.3) is 0 Å². The molecule has 0 spiro atoms. The Labute approximate surface area is 184 Å². The molecular formula is C21H22N4O4S2. The van der Waals surface area contributed by atoms with E-state index in [-0.39, 0.29) is 15.5 Å². The SMILES string of the molecule is Cc1ccc2c(c1)CC(C)N2S(=O)(=O)c1nnc(NC(=O)C(C)Oc2ccccc2)s1. The van der Waals surface area contributed by atoms with Gasteiger partial charge in [0.2, 0.25) is 5.13 Å². The van der Waals surface area contributed by atoms with Gasteiger partial charge in [0.15, 0.2) is 6.10 Å². The highest BCUT2D eigenvalue weighted by molar-refractivity contribution is 7.94. The van der Waals surface area contributed by atoms with Gasteiger partial charge >= 0.3 is 0 Å². The van der Waals surface area contributed by atoms with Gasteiger partial charge in [0.1, 0.15) is 5.75 Å². The number of nitrogens with zero attached hydrogens (tertiary/aromatic N) is 3. The van der Waals surface area contributed by atoms with Gasteiger partial charge in [-0.05, 0) is 51.0 Å². The molecule has 8 nitrogen and oxygen atoms in total. The molecule has 0 bridgehead atoms. The topological polar surface area (TPSA) is 101 Å². The summed E-state index contributed by atoms with van der Waals surface area (Å²) in [6, 6.07) is 14.4. The zero-order valence-electron chi connectivity index (χ0n) is 17.3. The molecule has 31 heavy (non-hydrogen) atoms. The van der Waals surface area contributed by atoms with Crippen molar-refractivity contribution in [3.05, 3.63) is 59.7 Å². The van der Waals surface area contributed by atoms with Crippen LogP contribution in [0.4, 0.5) is 10.8 Å². The largest absolute Gasteiger partial charge is 0.481 e. The minimum absolute atomic E-state index is 0.100. The minimum Gasteiger partial charge on any atom is -0.481 e. The van der Waals surface area contributed by atoms with Gasteiger partial charge in [-0.25, -0.2) is 0 Å². The van der Waals surface area contributed by atoms with Crippen LogP contribution in [-0.2, 0) is 21.2 Å². The molecule has 2 heterocycles. The summed E-state index contributed by atoms with van der Waals surface area (Å²) in [5.41, 5.74) is 2.72. The zero-order valence-corrected chi connectivity index (χ0v) is 18.9. The second-order valence-corrected chi connectivity index (χ2v) is 10.4. The molecule has 2 unspecified atom stereocenters. The summed E-state index contributed by atoms with van der Waals surface area (Å²) < 4.78 is 33.3.